The zero-order valence-corrected chi connectivity index (χ0v) is 12.1. The lowest BCUT2D eigenvalue weighted by molar-refractivity contribution is -0.150. The van der Waals surface area contributed by atoms with Crippen molar-refractivity contribution in [2.24, 2.45) is 5.41 Å². The van der Waals surface area contributed by atoms with Gasteiger partial charge in [-0.3, -0.25) is 9.59 Å². The van der Waals surface area contributed by atoms with Gasteiger partial charge in [0.1, 0.15) is 0 Å². The minimum Gasteiger partial charge on any atom is -0.481 e. The molecule has 1 aliphatic heterocycles. The second-order valence-electron chi connectivity index (χ2n) is 5.29. The zero-order chi connectivity index (χ0) is 14.0. The molecule has 104 valence electrons. The van der Waals surface area contributed by atoms with Crippen LogP contribution in [0.3, 0.4) is 0 Å². The number of hydrogen-bond donors (Lipinski definition) is 1. The molecule has 2 heterocycles. The Kier molecular flexibility index (Phi) is 3.94. The van der Waals surface area contributed by atoms with E-state index >= 15 is 0 Å². The minimum absolute atomic E-state index is 0.0549. The molecule has 4 nitrogen and oxygen atoms in total. The van der Waals surface area contributed by atoms with E-state index < -0.39 is 11.4 Å². The van der Waals surface area contributed by atoms with Gasteiger partial charge >= 0.3 is 5.97 Å². The molecule has 0 aromatic carbocycles. The molecule has 0 saturated carbocycles. The molecule has 1 aromatic heterocycles. The lowest BCUT2D eigenvalue weighted by Gasteiger charge is -2.36. The average Bonchev–Trinajstić information content (AvgIpc) is 2.87. The first kappa shape index (κ1) is 14.1. The van der Waals surface area contributed by atoms with Crippen LogP contribution in [-0.2, 0) is 11.2 Å². The summed E-state index contributed by atoms with van der Waals surface area (Å²) < 4.78 is 0. The van der Waals surface area contributed by atoms with E-state index in [0.29, 0.717) is 25.9 Å². The molecule has 0 spiro atoms. The summed E-state index contributed by atoms with van der Waals surface area (Å²) >= 11 is 1.47. The van der Waals surface area contributed by atoms with E-state index in [2.05, 4.69) is 0 Å². The molecule has 1 saturated heterocycles. The number of thiophene rings is 1. The molecule has 1 aliphatic rings. The third-order valence-electron chi connectivity index (χ3n) is 3.99. The standard InChI is InChI=1S/C14H19NO3S/c1-3-10-4-9-19-11(10)12(16)15-7-5-14(2,6-8-15)13(17)18/h4,9H,3,5-8H2,1-2H3,(H,17,18). The fraction of sp³-hybridized carbons (Fsp3) is 0.571. The number of carboxylic acids is 1. The van der Waals surface area contributed by atoms with Crippen LogP contribution in [0.5, 0.6) is 0 Å². The third kappa shape index (κ3) is 2.66. The SMILES string of the molecule is CCc1ccsc1C(=O)N1CCC(C)(C(=O)O)CC1. The Morgan fingerprint density at radius 1 is 1.42 bits per heavy atom. The summed E-state index contributed by atoms with van der Waals surface area (Å²) in [4.78, 5) is 26.2. The van der Waals surface area contributed by atoms with Crippen LogP contribution >= 0.6 is 11.3 Å². The van der Waals surface area contributed by atoms with Gasteiger partial charge in [0.2, 0.25) is 0 Å². The number of carbonyl (C=O) groups is 2. The van der Waals surface area contributed by atoms with E-state index in [-0.39, 0.29) is 5.91 Å². The Hall–Kier alpha value is -1.36. The second-order valence-corrected chi connectivity index (χ2v) is 6.20. The van der Waals surface area contributed by atoms with Crippen molar-refractivity contribution in [3.8, 4) is 0 Å². The van der Waals surface area contributed by atoms with Crippen LogP contribution in [-0.4, -0.2) is 35.0 Å². The van der Waals surface area contributed by atoms with Gasteiger partial charge in [-0.25, -0.2) is 0 Å². The number of nitrogens with zero attached hydrogens (tertiary/aromatic N) is 1. The fourth-order valence-corrected chi connectivity index (χ4v) is 3.32. The topological polar surface area (TPSA) is 57.6 Å². The first-order chi connectivity index (χ1) is 8.98. The second kappa shape index (κ2) is 5.33. The summed E-state index contributed by atoms with van der Waals surface area (Å²) in [6.45, 7) is 4.86. The van der Waals surface area contributed by atoms with Crippen molar-refractivity contribution in [2.75, 3.05) is 13.1 Å². The molecule has 2 rings (SSSR count). The van der Waals surface area contributed by atoms with E-state index in [0.717, 1.165) is 16.9 Å². The van der Waals surface area contributed by atoms with Crippen molar-refractivity contribution < 1.29 is 14.7 Å². The molecule has 1 fully saturated rings. The van der Waals surface area contributed by atoms with Crippen molar-refractivity contribution in [2.45, 2.75) is 33.1 Å². The molecule has 0 aliphatic carbocycles. The normalized spacial score (nSPS) is 18.3. The van der Waals surface area contributed by atoms with Gasteiger partial charge in [-0.05, 0) is 43.2 Å². The van der Waals surface area contributed by atoms with Crippen LogP contribution in [0.1, 0.15) is 41.9 Å². The first-order valence-electron chi connectivity index (χ1n) is 6.57. The van der Waals surface area contributed by atoms with E-state index in [4.69, 9.17) is 0 Å². The van der Waals surface area contributed by atoms with Crippen LogP contribution in [0, 0.1) is 5.41 Å². The predicted octanol–water partition coefficient (Wildman–Crippen LogP) is 2.64. The fourth-order valence-electron chi connectivity index (χ4n) is 2.36. The molecule has 0 unspecified atom stereocenters. The smallest absolute Gasteiger partial charge is 0.309 e. The third-order valence-corrected chi connectivity index (χ3v) is 4.94. The lowest BCUT2D eigenvalue weighted by Crippen LogP contribution is -2.45. The quantitative estimate of drug-likeness (QED) is 0.926. The van der Waals surface area contributed by atoms with Crippen LogP contribution in [0.25, 0.3) is 0 Å². The van der Waals surface area contributed by atoms with Crippen molar-refractivity contribution in [3.63, 3.8) is 0 Å². The highest BCUT2D eigenvalue weighted by Gasteiger charge is 2.38. The van der Waals surface area contributed by atoms with Gasteiger partial charge < -0.3 is 10.0 Å². The lowest BCUT2D eigenvalue weighted by atomic mass is 9.80. The van der Waals surface area contributed by atoms with Crippen molar-refractivity contribution in [3.05, 3.63) is 21.9 Å². The Morgan fingerprint density at radius 2 is 2.05 bits per heavy atom. The van der Waals surface area contributed by atoms with Crippen molar-refractivity contribution >= 4 is 23.2 Å². The van der Waals surface area contributed by atoms with E-state index in [9.17, 15) is 14.7 Å². The van der Waals surface area contributed by atoms with Gasteiger partial charge in [0.15, 0.2) is 0 Å². The van der Waals surface area contributed by atoms with Gasteiger partial charge in [-0.15, -0.1) is 11.3 Å². The molecule has 5 heteroatoms. The molecule has 1 aromatic rings. The molecule has 19 heavy (non-hydrogen) atoms. The Balaban J connectivity index is 2.06. The van der Waals surface area contributed by atoms with Crippen molar-refractivity contribution in [1.82, 2.24) is 4.90 Å². The summed E-state index contributed by atoms with van der Waals surface area (Å²) in [5, 5.41) is 11.1. The van der Waals surface area contributed by atoms with Crippen LogP contribution in [0.4, 0.5) is 0 Å². The molecular weight excluding hydrogens is 262 g/mol. The van der Waals surface area contributed by atoms with Crippen molar-refractivity contribution in [1.29, 1.82) is 0 Å². The zero-order valence-electron chi connectivity index (χ0n) is 11.3. The van der Waals surface area contributed by atoms with Gasteiger partial charge in [-0.2, -0.15) is 0 Å². The number of piperidine rings is 1. The first-order valence-corrected chi connectivity index (χ1v) is 7.45. The summed E-state index contributed by atoms with van der Waals surface area (Å²) in [6.07, 6.45) is 1.91. The van der Waals surface area contributed by atoms with E-state index in [1.807, 2.05) is 18.4 Å². The number of aryl methyl sites for hydroxylation is 1. The van der Waals surface area contributed by atoms with Crippen LogP contribution in [0.2, 0.25) is 0 Å². The Morgan fingerprint density at radius 3 is 2.58 bits per heavy atom. The Labute approximate surface area is 117 Å². The molecule has 1 N–H and O–H groups in total. The highest BCUT2D eigenvalue weighted by atomic mass is 32.1. The molecule has 0 bridgehead atoms. The van der Waals surface area contributed by atoms with Gasteiger partial charge in [0, 0.05) is 13.1 Å². The summed E-state index contributed by atoms with van der Waals surface area (Å²) in [5.41, 5.74) is 0.404. The maximum Gasteiger partial charge on any atom is 0.309 e. The molecule has 0 radical (unpaired) electrons. The summed E-state index contributed by atoms with van der Waals surface area (Å²) in [5.74, 6) is -0.704. The summed E-state index contributed by atoms with van der Waals surface area (Å²) in [6, 6.07) is 1.99. The maximum absolute atomic E-state index is 12.4. The maximum atomic E-state index is 12.4. The number of carboxylic acid groups (broad SMARTS) is 1. The predicted molar refractivity (Wildman–Crippen MR) is 74.6 cm³/mol. The number of hydrogen-bond acceptors (Lipinski definition) is 3. The summed E-state index contributed by atoms with van der Waals surface area (Å²) in [7, 11) is 0. The minimum atomic E-state index is -0.759. The average molecular weight is 281 g/mol. The highest BCUT2D eigenvalue weighted by molar-refractivity contribution is 7.12. The van der Waals surface area contributed by atoms with E-state index in [1.54, 1.807) is 11.8 Å². The van der Waals surface area contributed by atoms with Crippen LogP contribution in [0.15, 0.2) is 11.4 Å². The van der Waals surface area contributed by atoms with Gasteiger partial charge in [0.05, 0.1) is 10.3 Å². The monoisotopic (exact) mass is 281 g/mol. The van der Waals surface area contributed by atoms with Crippen LogP contribution < -0.4 is 0 Å². The largest absolute Gasteiger partial charge is 0.481 e. The number of rotatable bonds is 3. The number of amides is 1. The van der Waals surface area contributed by atoms with Gasteiger partial charge in [0.25, 0.3) is 5.91 Å². The molecule has 1 amide bonds. The van der Waals surface area contributed by atoms with Gasteiger partial charge in [-0.1, -0.05) is 6.92 Å². The Bertz CT molecular complexity index is 487. The molecule has 0 atom stereocenters. The number of aliphatic carboxylic acids is 1. The number of carbonyl (C=O) groups excluding carboxylic acids is 1. The molecular formula is C14H19NO3S. The highest BCUT2D eigenvalue weighted by Crippen LogP contribution is 2.32. The van der Waals surface area contributed by atoms with E-state index in [1.165, 1.54) is 11.3 Å². The number of likely N-dealkylation sites (tertiary alicyclic amines) is 1.